The van der Waals surface area contributed by atoms with Crippen molar-refractivity contribution in [2.24, 2.45) is 5.73 Å². The number of halogens is 2. The largest absolute Gasteiger partial charge is 0.478 e. The van der Waals surface area contributed by atoms with Crippen molar-refractivity contribution in [1.29, 1.82) is 0 Å². The molecule has 0 saturated carbocycles. The van der Waals surface area contributed by atoms with E-state index in [1.807, 2.05) is 6.92 Å². The van der Waals surface area contributed by atoms with Gasteiger partial charge in [0, 0.05) is 18.7 Å². The molecule has 0 amide bonds. The highest BCUT2D eigenvalue weighted by Crippen LogP contribution is 2.03. The molecule has 4 N–H and O–H groups in total. The lowest BCUT2D eigenvalue weighted by Crippen LogP contribution is -2.25. The van der Waals surface area contributed by atoms with Crippen LogP contribution in [0.15, 0.2) is 18.5 Å². The first-order chi connectivity index (χ1) is 7.61. The van der Waals surface area contributed by atoms with E-state index in [1.165, 1.54) is 18.5 Å². The summed E-state index contributed by atoms with van der Waals surface area (Å²) in [7, 11) is 0. The van der Waals surface area contributed by atoms with Gasteiger partial charge >= 0.3 is 5.97 Å². The number of carboxylic acids is 1. The van der Waals surface area contributed by atoms with Crippen LogP contribution in [-0.4, -0.2) is 33.6 Å². The molecule has 1 atom stereocenters. The quantitative estimate of drug-likeness (QED) is 0.705. The van der Waals surface area contributed by atoms with Crippen molar-refractivity contribution in [2.75, 3.05) is 11.9 Å². The molecule has 0 aliphatic heterocycles. The number of nitrogens with one attached hydrogen (secondary N) is 1. The van der Waals surface area contributed by atoms with E-state index in [0.29, 0.717) is 18.1 Å². The Kier molecular flexibility index (Phi) is 10.2. The average molecular weight is 295 g/mol. The van der Waals surface area contributed by atoms with Crippen molar-refractivity contribution in [3.8, 4) is 0 Å². The monoisotopic (exact) mass is 294 g/mol. The van der Waals surface area contributed by atoms with Crippen molar-refractivity contribution in [3.63, 3.8) is 0 Å². The second-order valence-electron chi connectivity index (χ2n) is 3.28. The van der Waals surface area contributed by atoms with Gasteiger partial charge < -0.3 is 16.2 Å². The fourth-order valence-electron chi connectivity index (χ4n) is 0.967. The SMILES string of the molecule is C[C@H](CN)Nc1cnc(/C=C/C(=O)O)cn1.Cl.Cl. The Bertz CT molecular complexity index is 384. The predicted molar refractivity (Wildman–Crippen MR) is 75.3 cm³/mol. The van der Waals surface area contributed by atoms with Gasteiger partial charge in [0.05, 0.1) is 18.1 Å². The van der Waals surface area contributed by atoms with Crippen molar-refractivity contribution < 1.29 is 9.90 Å². The Balaban J connectivity index is 0. The van der Waals surface area contributed by atoms with Crippen molar-refractivity contribution in [2.45, 2.75) is 13.0 Å². The number of anilines is 1. The van der Waals surface area contributed by atoms with Crippen LogP contribution in [0.5, 0.6) is 0 Å². The van der Waals surface area contributed by atoms with E-state index < -0.39 is 5.97 Å². The van der Waals surface area contributed by atoms with E-state index in [4.69, 9.17) is 10.8 Å². The van der Waals surface area contributed by atoms with Crippen LogP contribution < -0.4 is 11.1 Å². The zero-order chi connectivity index (χ0) is 12.0. The molecule has 0 saturated heterocycles. The molecule has 0 aliphatic carbocycles. The van der Waals surface area contributed by atoms with Gasteiger partial charge in [-0.15, -0.1) is 24.8 Å². The summed E-state index contributed by atoms with van der Waals surface area (Å²) < 4.78 is 0. The molecule has 1 heterocycles. The summed E-state index contributed by atoms with van der Waals surface area (Å²) >= 11 is 0. The lowest BCUT2D eigenvalue weighted by Gasteiger charge is -2.10. The Morgan fingerprint density at radius 3 is 2.61 bits per heavy atom. The van der Waals surface area contributed by atoms with Crippen LogP contribution in [0.1, 0.15) is 12.6 Å². The normalized spacial score (nSPS) is 11.2. The van der Waals surface area contributed by atoms with Gasteiger partial charge in [0.1, 0.15) is 5.82 Å². The first-order valence-corrected chi connectivity index (χ1v) is 4.81. The molecule has 0 aliphatic rings. The summed E-state index contributed by atoms with van der Waals surface area (Å²) in [6, 6.07) is 0.120. The van der Waals surface area contributed by atoms with Crippen LogP contribution in [0.3, 0.4) is 0 Å². The lowest BCUT2D eigenvalue weighted by atomic mass is 10.3. The molecule has 0 spiro atoms. The number of hydrogen-bond donors (Lipinski definition) is 3. The number of carboxylic acid groups (broad SMARTS) is 1. The second kappa shape index (κ2) is 9.64. The molecule has 0 aromatic carbocycles. The second-order valence-corrected chi connectivity index (χ2v) is 3.28. The zero-order valence-corrected chi connectivity index (χ0v) is 11.4. The molecule has 6 nitrogen and oxygen atoms in total. The molecule has 18 heavy (non-hydrogen) atoms. The minimum absolute atomic E-state index is 0. The van der Waals surface area contributed by atoms with E-state index in [9.17, 15) is 4.79 Å². The smallest absolute Gasteiger partial charge is 0.328 e. The molecule has 0 bridgehead atoms. The van der Waals surface area contributed by atoms with Crippen LogP contribution in [0.2, 0.25) is 0 Å². The Morgan fingerprint density at radius 2 is 2.17 bits per heavy atom. The minimum Gasteiger partial charge on any atom is -0.478 e. The summed E-state index contributed by atoms with van der Waals surface area (Å²) in [6.45, 7) is 2.43. The van der Waals surface area contributed by atoms with E-state index in [1.54, 1.807) is 0 Å². The van der Waals surface area contributed by atoms with Crippen LogP contribution >= 0.6 is 24.8 Å². The zero-order valence-electron chi connectivity index (χ0n) is 9.74. The fourth-order valence-corrected chi connectivity index (χ4v) is 0.967. The van der Waals surface area contributed by atoms with Gasteiger partial charge in [-0.05, 0) is 13.0 Å². The first-order valence-electron chi connectivity index (χ1n) is 4.81. The molecular formula is C10H16Cl2N4O2. The summed E-state index contributed by atoms with van der Waals surface area (Å²) in [6.07, 6.45) is 5.42. The number of aliphatic carboxylic acids is 1. The summed E-state index contributed by atoms with van der Waals surface area (Å²) in [5.41, 5.74) is 5.94. The van der Waals surface area contributed by atoms with E-state index in [2.05, 4.69) is 15.3 Å². The molecule has 1 aromatic rings. The number of nitrogens with two attached hydrogens (primary N) is 1. The Hall–Kier alpha value is -1.37. The van der Waals surface area contributed by atoms with Crippen LogP contribution in [-0.2, 0) is 4.79 Å². The topological polar surface area (TPSA) is 101 Å². The van der Waals surface area contributed by atoms with E-state index in [-0.39, 0.29) is 30.9 Å². The molecule has 0 radical (unpaired) electrons. The highest BCUT2D eigenvalue weighted by molar-refractivity contribution is 5.85. The van der Waals surface area contributed by atoms with Crippen LogP contribution in [0.25, 0.3) is 6.08 Å². The van der Waals surface area contributed by atoms with Crippen molar-refractivity contribution in [1.82, 2.24) is 9.97 Å². The number of carbonyl (C=O) groups is 1. The highest BCUT2D eigenvalue weighted by atomic mass is 35.5. The van der Waals surface area contributed by atoms with Gasteiger partial charge in [-0.25, -0.2) is 9.78 Å². The van der Waals surface area contributed by atoms with Gasteiger partial charge in [0.15, 0.2) is 0 Å². The fraction of sp³-hybridized carbons (Fsp3) is 0.300. The minimum atomic E-state index is -1.01. The van der Waals surface area contributed by atoms with Crippen LogP contribution in [0.4, 0.5) is 5.82 Å². The van der Waals surface area contributed by atoms with Gasteiger partial charge in [-0.1, -0.05) is 0 Å². The molecule has 1 aromatic heterocycles. The number of hydrogen-bond acceptors (Lipinski definition) is 5. The number of nitrogens with zero attached hydrogens (tertiary/aromatic N) is 2. The third-order valence-corrected chi connectivity index (χ3v) is 1.82. The van der Waals surface area contributed by atoms with Gasteiger partial charge in [0.25, 0.3) is 0 Å². The lowest BCUT2D eigenvalue weighted by molar-refractivity contribution is -0.131. The molecular weight excluding hydrogens is 279 g/mol. The third kappa shape index (κ3) is 7.05. The summed E-state index contributed by atoms with van der Waals surface area (Å²) in [4.78, 5) is 18.4. The standard InChI is InChI=1S/C10H14N4O2.2ClH/c1-7(4-11)14-9-6-12-8(5-13-9)2-3-10(15)16;;/h2-3,5-7H,4,11H2,1H3,(H,13,14)(H,15,16);2*1H/b3-2+;;/t7-;;/m1../s1. The average Bonchev–Trinajstić information content (AvgIpc) is 2.28. The molecule has 8 heteroatoms. The van der Waals surface area contributed by atoms with Crippen molar-refractivity contribution >= 4 is 42.7 Å². The number of rotatable bonds is 5. The molecule has 0 unspecified atom stereocenters. The Morgan fingerprint density at radius 1 is 1.50 bits per heavy atom. The number of aromatic nitrogens is 2. The third-order valence-electron chi connectivity index (χ3n) is 1.82. The Labute approximate surface area is 118 Å². The van der Waals surface area contributed by atoms with Gasteiger partial charge in [0.2, 0.25) is 0 Å². The predicted octanol–water partition coefficient (Wildman–Crippen LogP) is 1.18. The van der Waals surface area contributed by atoms with Crippen molar-refractivity contribution in [3.05, 3.63) is 24.2 Å². The molecule has 1 rings (SSSR count). The summed E-state index contributed by atoms with van der Waals surface area (Å²) in [5.74, 6) is -0.397. The maximum Gasteiger partial charge on any atom is 0.328 e. The van der Waals surface area contributed by atoms with Gasteiger partial charge in [-0.2, -0.15) is 0 Å². The molecule has 0 fully saturated rings. The van der Waals surface area contributed by atoms with E-state index >= 15 is 0 Å². The molecule has 102 valence electrons. The van der Waals surface area contributed by atoms with E-state index in [0.717, 1.165) is 6.08 Å². The highest BCUT2D eigenvalue weighted by Gasteiger charge is 2.00. The van der Waals surface area contributed by atoms with Crippen LogP contribution in [0, 0.1) is 0 Å². The first kappa shape index (κ1) is 19.0. The van der Waals surface area contributed by atoms with Gasteiger partial charge in [-0.3, -0.25) is 4.98 Å². The maximum atomic E-state index is 10.3. The summed E-state index contributed by atoms with van der Waals surface area (Å²) in [5, 5.41) is 11.5. The maximum absolute atomic E-state index is 10.3.